The summed E-state index contributed by atoms with van der Waals surface area (Å²) < 4.78 is 28.5. The lowest BCUT2D eigenvalue weighted by molar-refractivity contribution is 0.610. The fraction of sp³-hybridized carbons (Fsp3) is 0.0769. The first-order valence-corrected chi connectivity index (χ1v) is 6.78. The smallest absolute Gasteiger partial charge is 0.146 e. The molecule has 0 unspecified atom stereocenters. The van der Waals surface area contributed by atoms with Gasteiger partial charge in [0.2, 0.25) is 0 Å². The number of anilines is 1. The number of benzene rings is 2. The predicted octanol–water partition coefficient (Wildman–Crippen LogP) is 5.10. The molecule has 1 N–H and O–H groups in total. The molecule has 0 amide bonds. The summed E-state index contributed by atoms with van der Waals surface area (Å²) in [6.07, 6.45) is 0. The van der Waals surface area contributed by atoms with E-state index in [-0.39, 0.29) is 18.2 Å². The average molecular weight is 377 g/mol. The van der Waals surface area contributed by atoms with E-state index in [0.29, 0.717) is 11.3 Å². The Morgan fingerprint density at radius 2 is 1.50 bits per heavy atom. The zero-order chi connectivity index (χ0) is 13.1. The summed E-state index contributed by atoms with van der Waals surface area (Å²) in [6, 6.07) is 9.24. The molecule has 2 aromatic rings. The van der Waals surface area contributed by atoms with Crippen molar-refractivity contribution in [3.63, 3.8) is 0 Å². The topological polar surface area (TPSA) is 12.0 Å². The molecule has 0 saturated heterocycles. The van der Waals surface area contributed by atoms with Crippen molar-refractivity contribution in [3.8, 4) is 0 Å². The summed E-state index contributed by atoms with van der Waals surface area (Å²) in [7, 11) is 0. The highest BCUT2D eigenvalue weighted by Crippen LogP contribution is 2.22. The highest BCUT2D eigenvalue weighted by molar-refractivity contribution is 9.10. The molecule has 0 aliphatic carbocycles. The zero-order valence-corrected chi connectivity index (χ0v) is 12.4. The number of rotatable bonds is 3. The molecule has 0 saturated carbocycles. The molecule has 5 heteroatoms. The Morgan fingerprint density at radius 3 is 2.22 bits per heavy atom. The van der Waals surface area contributed by atoms with Gasteiger partial charge in [0.05, 0.1) is 5.69 Å². The van der Waals surface area contributed by atoms with E-state index in [1.165, 1.54) is 12.1 Å². The van der Waals surface area contributed by atoms with Gasteiger partial charge in [-0.1, -0.05) is 31.9 Å². The van der Waals surface area contributed by atoms with E-state index >= 15 is 0 Å². The van der Waals surface area contributed by atoms with Crippen LogP contribution < -0.4 is 5.32 Å². The van der Waals surface area contributed by atoms with Gasteiger partial charge < -0.3 is 5.32 Å². The van der Waals surface area contributed by atoms with Gasteiger partial charge in [0.1, 0.15) is 11.6 Å². The van der Waals surface area contributed by atoms with E-state index in [9.17, 15) is 8.78 Å². The molecule has 0 bridgehead atoms. The predicted molar refractivity (Wildman–Crippen MR) is 75.5 cm³/mol. The fourth-order valence-electron chi connectivity index (χ4n) is 1.50. The lowest BCUT2D eigenvalue weighted by Crippen LogP contribution is -2.03. The second kappa shape index (κ2) is 5.80. The minimum absolute atomic E-state index is 0.221. The molecular formula is C13H9Br2F2N. The van der Waals surface area contributed by atoms with Crippen LogP contribution in [0.15, 0.2) is 45.3 Å². The average Bonchev–Trinajstić information content (AvgIpc) is 2.34. The van der Waals surface area contributed by atoms with Crippen molar-refractivity contribution in [1.29, 1.82) is 0 Å². The standard InChI is InChI=1S/C13H9Br2F2N/c14-9-1-3-11(16)8(5-9)7-18-13-6-10(15)2-4-12(13)17/h1-6,18H,7H2. The Balaban J connectivity index is 2.16. The lowest BCUT2D eigenvalue weighted by Gasteiger charge is -2.09. The van der Waals surface area contributed by atoms with Gasteiger partial charge in [-0.25, -0.2) is 8.78 Å². The minimum Gasteiger partial charge on any atom is -0.378 e. The van der Waals surface area contributed by atoms with Crippen LogP contribution in [0.2, 0.25) is 0 Å². The highest BCUT2D eigenvalue weighted by atomic mass is 79.9. The molecule has 0 aliphatic heterocycles. The van der Waals surface area contributed by atoms with Crippen LogP contribution in [0.3, 0.4) is 0 Å². The third-order valence-electron chi connectivity index (χ3n) is 2.41. The SMILES string of the molecule is Fc1ccc(Br)cc1CNc1cc(Br)ccc1F. The quantitative estimate of drug-likeness (QED) is 0.785. The summed E-state index contributed by atoms with van der Waals surface area (Å²) in [5.74, 6) is -0.685. The van der Waals surface area contributed by atoms with E-state index in [2.05, 4.69) is 37.2 Å². The minimum atomic E-state index is -0.367. The van der Waals surface area contributed by atoms with Gasteiger partial charge in [0, 0.05) is 21.1 Å². The number of hydrogen-bond donors (Lipinski definition) is 1. The van der Waals surface area contributed by atoms with Crippen LogP contribution in [0.1, 0.15) is 5.56 Å². The van der Waals surface area contributed by atoms with Crippen molar-refractivity contribution < 1.29 is 8.78 Å². The molecule has 0 aliphatic rings. The molecular weight excluding hydrogens is 368 g/mol. The van der Waals surface area contributed by atoms with Crippen LogP contribution in [-0.2, 0) is 6.54 Å². The zero-order valence-electron chi connectivity index (χ0n) is 9.18. The summed E-state index contributed by atoms with van der Waals surface area (Å²) in [6.45, 7) is 0.221. The third kappa shape index (κ3) is 3.29. The summed E-state index contributed by atoms with van der Waals surface area (Å²) >= 11 is 6.53. The van der Waals surface area contributed by atoms with Crippen molar-refractivity contribution in [1.82, 2.24) is 0 Å². The highest BCUT2D eigenvalue weighted by Gasteiger charge is 2.06. The summed E-state index contributed by atoms with van der Waals surface area (Å²) in [4.78, 5) is 0. The van der Waals surface area contributed by atoms with Crippen molar-refractivity contribution in [2.75, 3.05) is 5.32 Å². The fourth-order valence-corrected chi connectivity index (χ4v) is 2.27. The Hall–Kier alpha value is -0.940. The molecule has 0 heterocycles. The molecule has 0 atom stereocenters. The van der Waals surface area contributed by atoms with E-state index in [4.69, 9.17) is 0 Å². The Bertz CT molecular complexity index is 521. The maximum Gasteiger partial charge on any atom is 0.146 e. The van der Waals surface area contributed by atoms with Gasteiger partial charge in [-0.3, -0.25) is 0 Å². The Kier molecular flexibility index (Phi) is 4.35. The van der Waals surface area contributed by atoms with Gasteiger partial charge >= 0.3 is 0 Å². The van der Waals surface area contributed by atoms with Crippen LogP contribution in [0.25, 0.3) is 0 Å². The molecule has 18 heavy (non-hydrogen) atoms. The van der Waals surface area contributed by atoms with E-state index in [0.717, 1.165) is 8.95 Å². The third-order valence-corrected chi connectivity index (χ3v) is 3.39. The molecule has 2 aromatic carbocycles. The second-order valence-electron chi connectivity index (χ2n) is 3.71. The molecule has 0 aromatic heterocycles. The first kappa shape index (κ1) is 13.5. The number of halogens is 4. The van der Waals surface area contributed by atoms with Crippen molar-refractivity contribution in [3.05, 3.63) is 62.5 Å². The van der Waals surface area contributed by atoms with E-state index in [1.807, 2.05) is 0 Å². The maximum atomic E-state index is 13.5. The number of hydrogen-bond acceptors (Lipinski definition) is 1. The molecule has 2 rings (SSSR count). The van der Waals surface area contributed by atoms with Crippen LogP contribution in [0, 0.1) is 11.6 Å². The van der Waals surface area contributed by atoms with Crippen LogP contribution in [0.5, 0.6) is 0 Å². The molecule has 0 fully saturated rings. The van der Waals surface area contributed by atoms with E-state index < -0.39 is 0 Å². The maximum absolute atomic E-state index is 13.5. The Labute approximate surface area is 120 Å². The van der Waals surface area contributed by atoms with E-state index in [1.54, 1.807) is 24.3 Å². The van der Waals surface area contributed by atoms with Crippen molar-refractivity contribution >= 4 is 37.5 Å². The first-order valence-electron chi connectivity index (χ1n) is 5.19. The second-order valence-corrected chi connectivity index (χ2v) is 5.54. The van der Waals surface area contributed by atoms with Gasteiger partial charge in [0.25, 0.3) is 0 Å². The number of nitrogens with one attached hydrogen (secondary N) is 1. The molecule has 1 nitrogen and oxygen atoms in total. The summed E-state index contributed by atoms with van der Waals surface area (Å²) in [5.41, 5.74) is 0.813. The van der Waals surface area contributed by atoms with Gasteiger partial charge in [0.15, 0.2) is 0 Å². The van der Waals surface area contributed by atoms with Crippen LogP contribution in [-0.4, -0.2) is 0 Å². The summed E-state index contributed by atoms with van der Waals surface area (Å²) in [5, 5.41) is 2.87. The van der Waals surface area contributed by atoms with Crippen LogP contribution >= 0.6 is 31.9 Å². The molecule has 0 radical (unpaired) electrons. The largest absolute Gasteiger partial charge is 0.378 e. The van der Waals surface area contributed by atoms with Gasteiger partial charge in [-0.15, -0.1) is 0 Å². The first-order chi connectivity index (χ1) is 8.56. The van der Waals surface area contributed by atoms with Crippen molar-refractivity contribution in [2.45, 2.75) is 6.54 Å². The molecule has 0 spiro atoms. The van der Waals surface area contributed by atoms with Crippen molar-refractivity contribution in [2.24, 2.45) is 0 Å². The monoisotopic (exact) mass is 375 g/mol. The Morgan fingerprint density at radius 1 is 0.889 bits per heavy atom. The lowest BCUT2D eigenvalue weighted by atomic mass is 10.2. The normalized spacial score (nSPS) is 10.4. The van der Waals surface area contributed by atoms with Crippen LogP contribution in [0.4, 0.5) is 14.5 Å². The molecule has 94 valence electrons. The van der Waals surface area contributed by atoms with Gasteiger partial charge in [-0.05, 0) is 36.4 Å². The van der Waals surface area contributed by atoms with Gasteiger partial charge in [-0.2, -0.15) is 0 Å².